The Morgan fingerprint density at radius 1 is 0.828 bits per heavy atom. The molecule has 0 aromatic heterocycles. The number of hydrogen-bond acceptors (Lipinski definition) is 4. The first-order valence-corrected chi connectivity index (χ1v) is 22.2. The second-order valence-electron chi connectivity index (χ2n) is 18.0. The summed E-state index contributed by atoms with van der Waals surface area (Å²) in [6, 6.07) is 7.63. The van der Waals surface area contributed by atoms with Gasteiger partial charge in [-0.2, -0.15) is 0 Å². The van der Waals surface area contributed by atoms with Gasteiger partial charge >= 0.3 is 5.97 Å². The summed E-state index contributed by atoms with van der Waals surface area (Å²) >= 11 is 0. The Morgan fingerprint density at radius 2 is 1.43 bits per heavy atom. The molecule has 1 saturated heterocycles. The third-order valence-corrected chi connectivity index (χ3v) is 15.5. The third kappa shape index (κ3) is 9.98. The fourth-order valence-corrected chi connectivity index (χ4v) is 13.3. The van der Waals surface area contributed by atoms with Crippen LogP contribution in [-0.2, 0) is 4.79 Å². The molecule has 0 bridgehead atoms. The molecule has 1 amide bonds. The molecule has 0 spiro atoms. The van der Waals surface area contributed by atoms with Gasteiger partial charge in [-0.3, -0.25) is 9.69 Å². The highest BCUT2D eigenvalue weighted by molar-refractivity contribution is 5.88. The zero-order valence-corrected chi connectivity index (χ0v) is 37.7. The van der Waals surface area contributed by atoms with Gasteiger partial charge in [-0.05, 0) is 134 Å². The second-order valence-corrected chi connectivity index (χ2v) is 18.0. The van der Waals surface area contributed by atoms with Crippen molar-refractivity contribution in [2.75, 3.05) is 39.3 Å². The van der Waals surface area contributed by atoms with Crippen molar-refractivity contribution in [1.29, 1.82) is 0 Å². The molecule has 58 heavy (non-hydrogen) atoms. The van der Waals surface area contributed by atoms with Crippen LogP contribution in [0.4, 0.5) is 0 Å². The van der Waals surface area contributed by atoms with Crippen molar-refractivity contribution in [1.82, 2.24) is 15.1 Å². The van der Waals surface area contributed by atoms with Crippen molar-refractivity contribution < 1.29 is 14.7 Å². The van der Waals surface area contributed by atoms with E-state index < -0.39 is 5.97 Å². The number of benzene rings is 1. The molecule has 2 N–H and O–H groups in total. The lowest BCUT2D eigenvalue weighted by Gasteiger charge is -2.68. The van der Waals surface area contributed by atoms with Crippen molar-refractivity contribution >= 4 is 17.4 Å². The summed E-state index contributed by atoms with van der Waals surface area (Å²) in [5.41, 5.74) is 4.11. The number of rotatable bonds is 7. The molecular formula is C52H79N3O3. The van der Waals surface area contributed by atoms with Gasteiger partial charge in [-0.1, -0.05) is 79.2 Å². The summed E-state index contributed by atoms with van der Waals surface area (Å²) in [5, 5.41) is 13.7. The standard InChI is InChI=1S/C41H61N3O3.C3H6.C2H6.3C2H2/c1-6-36(45)44-26-24-43(25-27-44)23-22-42-41-18-7-8-33(41)30-13-14-35-39(4,32(30)16-21-41)20-17-34-38(2,3)31(15-19-40(34,35)5)28-9-11-29(12-10-28)37(46)47;1-3-2;4*1-2/h9-12,15,30,32-35,42H,6-8,13-14,16-27H2,1-5H3,(H,46,47);3H,1H2,2H3;1-2H3;3*1-2H/t30-,32?,33?,34?,35?,39-,40-,41-;;;;;/m0...../s1. The fourth-order valence-electron chi connectivity index (χ4n) is 13.3. The van der Waals surface area contributed by atoms with E-state index in [0.29, 0.717) is 40.2 Å². The van der Waals surface area contributed by atoms with Gasteiger partial charge in [0, 0.05) is 51.2 Å². The van der Waals surface area contributed by atoms with E-state index in [-0.39, 0.29) is 5.41 Å². The lowest BCUT2D eigenvalue weighted by molar-refractivity contribution is -0.172. The molecule has 6 heteroatoms. The molecule has 320 valence electrons. The number of hydrogen-bond donors (Lipinski definition) is 2. The number of nitrogens with one attached hydrogen (secondary N) is 1. The van der Waals surface area contributed by atoms with Crippen LogP contribution < -0.4 is 5.32 Å². The molecule has 4 unspecified atom stereocenters. The highest BCUT2D eigenvalue weighted by atomic mass is 16.4. The van der Waals surface area contributed by atoms with Crippen LogP contribution in [0, 0.1) is 84.4 Å². The van der Waals surface area contributed by atoms with Gasteiger partial charge < -0.3 is 15.3 Å². The van der Waals surface area contributed by atoms with Gasteiger partial charge in [0.2, 0.25) is 5.91 Å². The SMILES string of the molecule is C#C.C#C.C#C.C=CC.CC.CCC(=O)N1CCN(CCN[C@]23CCCC2[C@H]2CCC4[C@@](C)(CCC5C(C)(C)C(c6ccc(C(=O)O)cc6)=CC[C@@]54C)C2CC3)CC1. The minimum atomic E-state index is -0.854. The quantitative estimate of drug-likeness (QED) is 0.212. The van der Waals surface area contributed by atoms with E-state index in [1.165, 1.54) is 68.9 Å². The highest BCUT2D eigenvalue weighted by Gasteiger charge is 2.65. The van der Waals surface area contributed by atoms with E-state index in [4.69, 9.17) is 0 Å². The molecule has 1 aliphatic heterocycles. The van der Waals surface area contributed by atoms with Gasteiger partial charge in [0.15, 0.2) is 0 Å². The molecule has 6 nitrogen and oxygen atoms in total. The average Bonchev–Trinajstić information content (AvgIpc) is 3.68. The van der Waals surface area contributed by atoms with Crippen molar-refractivity contribution in [2.45, 2.75) is 132 Å². The highest BCUT2D eigenvalue weighted by Crippen LogP contribution is 2.72. The minimum Gasteiger partial charge on any atom is -0.478 e. The number of nitrogens with zero attached hydrogens (tertiary/aromatic N) is 2. The van der Waals surface area contributed by atoms with Gasteiger partial charge in [0.05, 0.1) is 5.56 Å². The number of piperazine rings is 1. The van der Waals surface area contributed by atoms with Crippen LogP contribution in [0.1, 0.15) is 142 Å². The fraction of sp³-hybridized carbons (Fsp3) is 0.654. The number of amides is 1. The van der Waals surface area contributed by atoms with Crippen LogP contribution in [0.15, 0.2) is 43.0 Å². The van der Waals surface area contributed by atoms with E-state index in [1.807, 2.05) is 44.7 Å². The molecule has 8 atom stereocenters. The summed E-state index contributed by atoms with van der Waals surface area (Å²) in [6.07, 6.45) is 42.4. The van der Waals surface area contributed by atoms with Gasteiger partial charge in [0.1, 0.15) is 0 Å². The number of carboxylic acid groups (broad SMARTS) is 1. The van der Waals surface area contributed by atoms with Crippen LogP contribution in [0.3, 0.4) is 0 Å². The second kappa shape index (κ2) is 22.6. The van der Waals surface area contributed by atoms with Crippen molar-refractivity contribution in [2.24, 2.45) is 45.8 Å². The summed E-state index contributed by atoms with van der Waals surface area (Å²) in [5.74, 6) is 3.39. The van der Waals surface area contributed by atoms with E-state index >= 15 is 0 Å². The number of aromatic carboxylic acids is 1. The summed E-state index contributed by atoms with van der Waals surface area (Å²) in [4.78, 5) is 28.2. The molecule has 1 aromatic carbocycles. The van der Waals surface area contributed by atoms with Crippen LogP contribution >= 0.6 is 0 Å². The minimum absolute atomic E-state index is 0.0607. The zero-order chi connectivity index (χ0) is 43.9. The Kier molecular flexibility index (Phi) is 19.6. The van der Waals surface area contributed by atoms with E-state index in [0.717, 1.165) is 69.4 Å². The van der Waals surface area contributed by atoms with Gasteiger partial charge in [-0.15, -0.1) is 45.1 Å². The Morgan fingerprint density at radius 3 is 2.00 bits per heavy atom. The molecule has 6 aliphatic rings. The number of terminal acetylenes is 3. The number of fused-ring (bicyclic) bond motifs is 7. The van der Waals surface area contributed by atoms with Crippen molar-refractivity contribution in [3.63, 3.8) is 0 Å². The summed E-state index contributed by atoms with van der Waals surface area (Å²) in [7, 11) is 0. The predicted molar refractivity (Wildman–Crippen MR) is 246 cm³/mol. The summed E-state index contributed by atoms with van der Waals surface area (Å²) < 4.78 is 0. The lowest BCUT2D eigenvalue weighted by Crippen LogP contribution is -2.64. The molecule has 1 heterocycles. The van der Waals surface area contributed by atoms with E-state index in [2.05, 4.69) is 89.1 Å². The van der Waals surface area contributed by atoms with Gasteiger partial charge in [-0.25, -0.2) is 4.79 Å². The largest absolute Gasteiger partial charge is 0.478 e. The Balaban J connectivity index is 0.000000969. The smallest absolute Gasteiger partial charge is 0.335 e. The maximum Gasteiger partial charge on any atom is 0.335 e. The van der Waals surface area contributed by atoms with E-state index in [1.54, 1.807) is 18.2 Å². The molecular weight excluding hydrogens is 715 g/mol. The van der Waals surface area contributed by atoms with E-state index in [9.17, 15) is 14.7 Å². The first-order valence-electron chi connectivity index (χ1n) is 22.2. The van der Waals surface area contributed by atoms with Crippen LogP contribution in [0.25, 0.3) is 5.57 Å². The average molecular weight is 794 g/mol. The van der Waals surface area contributed by atoms with Gasteiger partial charge in [0.25, 0.3) is 0 Å². The molecule has 4 saturated carbocycles. The number of allylic oxidation sites excluding steroid dienone is 3. The molecule has 1 aromatic rings. The molecule has 5 fully saturated rings. The van der Waals surface area contributed by atoms with Crippen LogP contribution in [0.5, 0.6) is 0 Å². The Bertz CT molecular complexity index is 1550. The first-order chi connectivity index (χ1) is 27.8. The number of carboxylic acids is 1. The Hall–Kier alpha value is -3.76. The monoisotopic (exact) mass is 794 g/mol. The topological polar surface area (TPSA) is 72.9 Å². The predicted octanol–water partition coefficient (Wildman–Crippen LogP) is 10.7. The number of carbonyl (C=O) groups is 2. The summed E-state index contributed by atoms with van der Waals surface area (Å²) in [6.45, 7) is 27.5. The molecule has 7 rings (SSSR count). The van der Waals surface area contributed by atoms with Crippen molar-refractivity contribution in [3.05, 3.63) is 54.1 Å². The lowest BCUT2D eigenvalue weighted by atomic mass is 9.37. The van der Waals surface area contributed by atoms with Crippen molar-refractivity contribution in [3.8, 4) is 38.5 Å². The maximum absolute atomic E-state index is 12.1. The first kappa shape index (κ1) is 50.4. The Labute approximate surface area is 355 Å². The van der Waals surface area contributed by atoms with Crippen LogP contribution in [0.2, 0.25) is 0 Å². The van der Waals surface area contributed by atoms with Crippen LogP contribution in [-0.4, -0.2) is 71.6 Å². The third-order valence-electron chi connectivity index (χ3n) is 15.5. The molecule has 0 radical (unpaired) electrons. The molecule has 5 aliphatic carbocycles. The zero-order valence-electron chi connectivity index (χ0n) is 37.7. The number of carbonyl (C=O) groups excluding carboxylic acids is 1. The normalized spacial score (nSPS) is 32.6. The maximum atomic E-state index is 12.1.